The summed E-state index contributed by atoms with van der Waals surface area (Å²) in [4.78, 5) is 11.0. The number of aromatic nitrogens is 3. The second-order valence-electron chi connectivity index (χ2n) is 5.30. The number of imidazole rings is 1. The topological polar surface area (TPSA) is 60.0 Å². The van der Waals surface area contributed by atoms with Crippen LogP contribution < -0.4 is 5.73 Å². The van der Waals surface area contributed by atoms with Gasteiger partial charge in [0.15, 0.2) is 0 Å². The Balaban J connectivity index is 1.71. The number of nitrogens with zero attached hydrogens (tertiary/aromatic N) is 4. The van der Waals surface area contributed by atoms with Crippen molar-refractivity contribution in [2.45, 2.75) is 32.4 Å². The minimum atomic E-state index is 0.547. The second-order valence-corrected chi connectivity index (χ2v) is 5.30. The molecule has 3 rings (SSSR count). The molecular weight excluding hydrogens is 250 g/mol. The van der Waals surface area contributed by atoms with Crippen LogP contribution in [-0.4, -0.2) is 38.6 Å². The van der Waals surface area contributed by atoms with Crippen LogP contribution in [-0.2, 0) is 6.54 Å². The molecule has 1 aliphatic rings. The number of hydrogen-bond donors (Lipinski definition) is 1. The molecule has 0 spiro atoms. The van der Waals surface area contributed by atoms with E-state index in [9.17, 15) is 0 Å². The predicted octanol–water partition coefficient (Wildman–Crippen LogP) is 2.01. The molecule has 2 heterocycles. The summed E-state index contributed by atoms with van der Waals surface area (Å²) in [6.07, 6.45) is 8.30. The summed E-state index contributed by atoms with van der Waals surface area (Å²) in [5.74, 6) is 0.547. The van der Waals surface area contributed by atoms with Gasteiger partial charge in [0.2, 0.25) is 0 Å². The number of anilines is 1. The molecule has 1 fully saturated rings. The molecular formula is C15H21N5. The van der Waals surface area contributed by atoms with Crippen molar-refractivity contribution in [2.75, 3.05) is 18.8 Å². The lowest BCUT2D eigenvalue weighted by molar-refractivity contribution is 0.266. The Morgan fingerprint density at radius 1 is 1.35 bits per heavy atom. The highest BCUT2D eigenvalue weighted by molar-refractivity contribution is 5.59. The van der Waals surface area contributed by atoms with Gasteiger partial charge in [0.1, 0.15) is 5.82 Å². The molecule has 0 saturated heterocycles. The van der Waals surface area contributed by atoms with Crippen molar-refractivity contribution in [1.29, 1.82) is 0 Å². The average Bonchev–Trinajstić information content (AvgIpc) is 3.19. The summed E-state index contributed by atoms with van der Waals surface area (Å²) in [7, 11) is 0. The monoisotopic (exact) mass is 271 g/mol. The van der Waals surface area contributed by atoms with Crippen LogP contribution in [0.4, 0.5) is 5.82 Å². The lowest BCUT2D eigenvalue weighted by Crippen LogP contribution is -2.29. The van der Waals surface area contributed by atoms with Gasteiger partial charge in [0.25, 0.3) is 0 Å². The number of nitrogen functional groups attached to an aromatic ring is 1. The van der Waals surface area contributed by atoms with Gasteiger partial charge in [-0.1, -0.05) is 6.92 Å². The summed E-state index contributed by atoms with van der Waals surface area (Å²) < 4.78 is 2.19. The van der Waals surface area contributed by atoms with Gasteiger partial charge in [-0.2, -0.15) is 0 Å². The number of likely N-dealkylation sites (N-methyl/N-ethyl adjacent to an activating group) is 1. The van der Waals surface area contributed by atoms with Crippen molar-refractivity contribution >= 4 is 5.82 Å². The van der Waals surface area contributed by atoms with Gasteiger partial charge >= 0.3 is 0 Å². The van der Waals surface area contributed by atoms with Crippen LogP contribution in [0.25, 0.3) is 11.3 Å². The van der Waals surface area contributed by atoms with E-state index in [4.69, 9.17) is 5.73 Å². The van der Waals surface area contributed by atoms with Crippen molar-refractivity contribution in [3.63, 3.8) is 0 Å². The van der Waals surface area contributed by atoms with Crippen LogP contribution in [0, 0.1) is 0 Å². The Morgan fingerprint density at radius 3 is 2.85 bits per heavy atom. The highest BCUT2D eigenvalue weighted by atomic mass is 15.2. The molecule has 2 N–H and O–H groups in total. The molecule has 0 amide bonds. The lowest BCUT2D eigenvalue weighted by atomic mass is 10.2. The molecule has 2 aromatic heterocycles. The van der Waals surface area contributed by atoms with Gasteiger partial charge in [-0.15, -0.1) is 0 Å². The summed E-state index contributed by atoms with van der Waals surface area (Å²) in [6, 6.07) is 4.63. The zero-order valence-corrected chi connectivity index (χ0v) is 11.9. The van der Waals surface area contributed by atoms with Crippen LogP contribution in [0.2, 0.25) is 0 Å². The highest BCUT2D eigenvalue weighted by Crippen LogP contribution is 2.26. The van der Waals surface area contributed by atoms with Gasteiger partial charge in [-0.05, 0) is 31.5 Å². The highest BCUT2D eigenvalue weighted by Gasteiger charge is 2.27. The molecule has 5 heteroatoms. The first-order valence-corrected chi connectivity index (χ1v) is 7.24. The number of rotatable bonds is 6. The maximum atomic E-state index is 5.63. The summed E-state index contributed by atoms with van der Waals surface area (Å²) in [6.45, 7) is 5.39. The fourth-order valence-corrected chi connectivity index (χ4v) is 2.57. The third kappa shape index (κ3) is 2.82. The van der Waals surface area contributed by atoms with Crippen molar-refractivity contribution in [1.82, 2.24) is 19.4 Å². The molecule has 1 aliphatic carbocycles. The average molecular weight is 271 g/mol. The van der Waals surface area contributed by atoms with E-state index in [0.29, 0.717) is 5.82 Å². The zero-order chi connectivity index (χ0) is 13.9. The minimum absolute atomic E-state index is 0.547. The van der Waals surface area contributed by atoms with Gasteiger partial charge in [0.05, 0.1) is 18.2 Å². The molecule has 20 heavy (non-hydrogen) atoms. The van der Waals surface area contributed by atoms with Crippen molar-refractivity contribution in [3.05, 3.63) is 30.9 Å². The number of hydrogen-bond acceptors (Lipinski definition) is 4. The van der Waals surface area contributed by atoms with Gasteiger partial charge in [-0.3, -0.25) is 4.90 Å². The van der Waals surface area contributed by atoms with Crippen LogP contribution in [0.1, 0.15) is 19.8 Å². The van der Waals surface area contributed by atoms with E-state index in [1.54, 1.807) is 6.20 Å². The lowest BCUT2D eigenvalue weighted by Gasteiger charge is -2.20. The summed E-state index contributed by atoms with van der Waals surface area (Å²) in [5, 5.41) is 0. The van der Waals surface area contributed by atoms with E-state index in [0.717, 1.165) is 36.9 Å². The van der Waals surface area contributed by atoms with Crippen molar-refractivity contribution in [3.8, 4) is 11.3 Å². The minimum Gasteiger partial charge on any atom is -0.384 e. The molecule has 0 aliphatic heterocycles. The smallest absolute Gasteiger partial charge is 0.123 e. The predicted molar refractivity (Wildman–Crippen MR) is 80.1 cm³/mol. The van der Waals surface area contributed by atoms with E-state index in [-0.39, 0.29) is 0 Å². The molecule has 1 saturated carbocycles. The standard InChI is InChI=1S/C15H21N5/c1-2-19(13-4-5-13)7-8-20-11-17-10-14(20)12-3-6-15(16)18-9-12/h3,6,9-11,13H,2,4-5,7-8H2,1H3,(H2,16,18). The summed E-state index contributed by atoms with van der Waals surface area (Å²) >= 11 is 0. The normalized spacial score (nSPS) is 14.9. The van der Waals surface area contributed by atoms with E-state index in [1.807, 2.05) is 24.7 Å². The molecule has 2 aromatic rings. The Labute approximate surface area is 119 Å². The van der Waals surface area contributed by atoms with Crippen LogP contribution in [0.5, 0.6) is 0 Å². The third-order valence-corrected chi connectivity index (χ3v) is 3.89. The molecule has 5 nitrogen and oxygen atoms in total. The third-order valence-electron chi connectivity index (χ3n) is 3.89. The second kappa shape index (κ2) is 5.63. The Bertz CT molecular complexity index is 556. The van der Waals surface area contributed by atoms with Gasteiger partial charge in [0, 0.05) is 30.9 Å². The van der Waals surface area contributed by atoms with E-state index in [1.165, 1.54) is 12.8 Å². The fraction of sp³-hybridized carbons (Fsp3) is 0.467. The molecule has 0 radical (unpaired) electrons. The number of pyridine rings is 1. The van der Waals surface area contributed by atoms with E-state index in [2.05, 4.69) is 26.4 Å². The molecule has 0 bridgehead atoms. The molecule has 106 valence electrons. The maximum absolute atomic E-state index is 5.63. The molecule has 0 atom stereocenters. The first kappa shape index (κ1) is 13.1. The van der Waals surface area contributed by atoms with E-state index >= 15 is 0 Å². The van der Waals surface area contributed by atoms with Crippen molar-refractivity contribution < 1.29 is 0 Å². The summed E-state index contributed by atoms with van der Waals surface area (Å²) in [5.41, 5.74) is 7.80. The Hall–Kier alpha value is -1.88. The van der Waals surface area contributed by atoms with Crippen LogP contribution in [0.15, 0.2) is 30.9 Å². The van der Waals surface area contributed by atoms with Crippen LogP contribution in [0.3, 0.4) is 0 Å². The zero-order valence-electron chi connectivity index (χ0n) is 11.9. The van der Waals surface area contributed by atoms with Gasteiger partial charge < -0.3 is 10.3 Å². The molecule has 0 unspecified atom stereocenters. The quantitative estimate of drug-likeness (QED) is 0.873. The number of nitrogens with two attached hydrogens (primary N) is 1. The first-order valence-electron chi connectivity index (χ1n) is 7.24. The molecule has 0 aromatic carbocycles. The van der Waals surface area contributed by atoms with Crippen molar-refractivity contribution in [2.24, 2.45) is 0 Å². The largest absolute Gasteiger partial charge is 0.384 e. The Kier molecular flexibility index (Phi) is 3.69. The fourth-order valence-electron chi connectivity index (χ4n) is 2.57. The van der Waals surface area contributed by atoms with Crippen LogP contribution >= 0.6 is 0 Å². The first-order chi connectivity index (χ1) is 9.78. The maximum Gasteiger partial charge on any atom is 0.123 e. The Morgan fingerprint density at radius 2 is 2.20 bits per heavy atom. The van der Waals surface area contributed by atoms with Gasteiger partial charge in [-0.25, -0.2) is 9.97 Å². The van der Waals surface area contributed by atoms with E-state index < -0.39 is 0 Å². The SMILES string of the molecule is CCN(CCn1cncc1-c1ccc(N)nc1)C1CC1.